The molecule has 0 aromatic heterocycles. The molecule has 8 heteroatoms. The van der Waals surface area contributed by atoms with Gasteiger partial charge in [-0.25, -0.2) is 0 Å². The van der Waals surface area contributed by atoms with Gasteiger partial charge in [0.25, 0.3) is 0 Å². The minimum absolute atomic E-state index is 0.302. The number of amides is 2. The van der Waals surface area contributed by atoms with Gasteiger partial charge in [-0.05, 0) is 61.4 Å². The molecule has 4 aromatic carbocycles. The quantitative estimate of drug-likeness (QED) is 0.209. The summed E-state index contributed by atoms with van der Waals surface area (Å²) in [4.78, 5) is 41.4. The molecular formula is C36H36N2O6. The third-order valence-corrected chi connectivity index (χ3v) is 8.00. The molecule has 0 aliphatic heterocycles. The topological polar surface area (TPSA) is 114 Å². The number of anilines is 2. The Hall–Kier alpha value is -4.95. The van der Waals surface area contributed by atoms with E-state index in [2.05, 4.69) is 10.6 Å². The maximum Gasteiger partial charge on any atom is 0.235 e. The second kappa shape index (κ2) is 13.1. The van der Waals surface area contributed by atoms with Crippen molar-refractivity contribution >= 4 is 29.0 Å². The number of ether oxygens (including phenoxy) is 2. The summed E-state index contributed by atoms with van der Waals surface area (Å²) < 4.78 is 11.7. The molecule has 1 aliphatic rings. The van der Waals surface area contributed by atoms with Gasteiger partial charge in [0, 0.05) is 23.7 Å². The molecule has 0 heterocycles. The molecule has 0 saturated heterocycles. The van der Waals surface area contributed by atoms with Gasteiger partial charge in [0.15, 0.2) is 11.5 Å². The van der Waals surface area contributed by atoms with Crippen molar-refractivity contribution < 1.29 is 29.0 Å². The van der Waals surface area contributed by atoms with Gasteiger partial charge in [-0.3, -0.25) is 14.4 Å². The van der Waals surface area contributed by atoms with Crippen LogP contribution in [0.15, 0.2) is 103 Å². The lowest BCUT2D eigenvalue weighted by atomic mass is 9.61. The van der Waals surface area contributed by atoms with E-state index >= 15 is 0 Å². The molecule has 5 rings (SSSR count). The van der Waals surface area contributed by atoms with Crippen LogP contribution in [0.3, 0.4) is 0 Å². The standard InChI is InChI=1S/C36H36N2O6/c1-23-14-16-24(17-15-23)22-44-29-19-18-25(20-30(29)43-3)31-32(34(40)37-26-10-6-4-7-11-26)28(39)21-36(2,42)33(31)35(41)38-27-12-8-5-9-13-27/h4-20,31-33,42H,21-22H2,1-3H3,(H,37,40)(H,38,41). The summed E-state index contributed by atoms with van der Waals surface area (Å²) in [5, 5.41) is 17.3. The van der Waals surface area contributed by atoms with Crippen molar-refractivity contribution in [2.45, 2.75) is 38.4 Å². The number of carbonyl (C=O) groups is 3. The van der Waals surface area contributed by atoms with Crippen molar-refractivity contribution in [2.24, 2.45) is 11.8 Å². The molecule has 226 valence electrons. The van der Waals surface area contributed by atoms with E-state index in [1.54, 1.807) is 66.7 Å². The van der Waals surface area contributed by atoms with Gasteiger partial charge in [-0.2, -0.15) is 0 Å². The first-order valence-corrected chi connectivity index (χ1v) is 14.5. The smallest absolute Gasteiger partial charge is 0.235 e. The van der Waals surface area contributed by atoms with Gasteiger partial charge in [0.05, 0.1) is 18.6 Å². The fraction of sp³-hybridized carbons (Fsp3) is 0.250. The summed E-state index contributed by atoms with van der Waals surface area (Å²) in [6.45, 7) is 3.78. The van der Waals surface area contributed by atoms with E-state index in [1.165, 1.54) is 14.0 Å². The van der Waals surface area contributed by atoms with E-state index in [0.717, 1.165) is 11.1 Å². The Labute approximate surface area is 257 Å². The van der Waals surface area contributed by atoms with Gasteiger partial charge in [0.1, 0.15) is 18.3 Å². The van der Waals surface area contributed by atoms with Crippen molar-refractivity contribution in [2.75, 3.05) is 17.7 Å². The first kappa shape index (κ1) is 30.5. The zero-order valence-electron chi connectivity index (χ0n) is 24.9. The molecule has 1 aliphatic carbocycles. The molecule has 8 nitrogen and oxygen atoms in total. The van der Waals surface area contributed by atoms with Crippen LogP contribution < -0.4 is 20.1 Å². The largest absolute Gasteiger partial charge is 0.493 e. The molecule has 0 spiro atoms. The van der Waals surface area contributed by atoms with E-state index in [1.807, 2.05) is 43.3 Å². The number of ketones is 1. The number of aliphatic hydroxyl groups is 1. The van der Waals surface area contributed by atoms with Gasteiger partial charge >= 0.3 is 0 Å². The van der Waals surface area contributed by atoms with E-state index in [9.17, 15) is 19.5 Å². The highest BCUT2D eigenvalue weighted by atomic mass is 16.5. The highest BCUT2D eigenvalue weighted by molar-refractivity contribution is 6.10. The second-order valence-corrected chi connectivity index (χ2v) is 11.4. The average molecular weight is 593 g/mol. The number of nitrogens with one attached hydrogen (secondary N) is 2. The normalized spacial score (nSPS) is 21.3. The van der Waals surface area contributed by atoms with Crippen molar-refractivity contribution in [1.82, 2.24) is 0 Å². The summed E-state index contributed by atoms with van der Waals surface area (Å²) in [7, 11) is 1.50. The SMILES string of the molecule is COc1cc(C2C(C(=O)Nc3ccccc3)C(=O)CC(C)(O)C2C(=O)Nc2ccccc2)ccc1OCc1ccc(C)cc1. The second-order valence-electron chi connectivity index (χ2n) is 11.4. The minimum Gasteiger partial charge on any atom is -0.493 e. The lowest BCUT2D eigenvalue weighted by molar-refractivity contribution is -0.150. The Kier molecular flexibility index (Phi) is 9.11. The zero-order valence-corrected chi connectivity index (χ0v) is 24.9. The van der Waals surface area contributed by atoms with Crippen LogP contribution in [0.5, 0.6) is 11.5 Å². The number of hydrogen-bond donors (Lipinski definition) is 3. The molecule has 2 amide bonds. The molecule has 1 saturated carbocycles. The van der Waals surface area contributed by atoms with E-state index < -0.39 is 41.0 Å². The first-order chi connectivity index (χ1) is 21.2. The van der Waals surface area contributed by atoms with Gasteiger partial charge in [0.2, 0.25) is 11.8 Å². The number of benzene rings is 4. The van der Waals surface area contributed by atoms with Crippen LogP contribution in [0, 0.1) is 18.8 Å². The molecular weight excluding hydrogens is 556 g/mol. The minimum atomic E-state index is -1.74. The predicted molar refractivity (Wildman–Crippen MR) is 169 cm³/mol. The first-order valence-electron chi connectivity index (χ1n) is 14.5. The summed E-state index contributed by atoms with van der Waals surface area (Å²) in [5.74, 6) is -4.12. The average Bonchev–Trinajstić information content (AvgIpc) is 3.00. The predicted octanol–water partition coefficient (Wildman–Crippen LogP) is 5.90. The zero-order chi connectivity index (χ0) is 31.3. The fourth-order valence-corrected chi connectivity index (χ4v) is 5.83. The molecule has 4 unspecified atom stereocenters. The number of rotatable bonds is 9. The molecule has 1 fully saturated rings. The van der Waals surface area contributed by atoms with Crippen LogP contribution >= 0.6 is 0 Å². The Bertz CT molecular complexity index is 1620. The monoisotopic (exact) mass is 592 g/mol. The van der Waals surface area contributed by atoms with Crippen molar-refractivity contribution in [1.29, 1.82) is 0 Å². The van der Waals surface area contributed by atoms with Gasteiger partial charge in [-0.1, -0.05) is 72.3 Å². The summed E-state index contributed by atoms with van der Waals surface area (Å²) in [6.07, 6.45) is -0.363. The van der Waals surface area contributed by atoms with E-state index in [-0.39, 0.29) is 6.42 Å². The molecule has 3 N–H and O–H groups in total. The van der Waals surface area contributed by atoms with E-state index in [0.29, 0.717) is 35.0 Å². The summed E-state index contributed by atoms with van der Waals surface area (Å²) in [6, 6.07) is 30.8. The molecule has 4 aromatic rings. The van der Waals surface area contributed by atoms with Crippen molar-refractivity contribution in [3.8, 4) is 11.5 Å². The Morgan fingerprint density at radius 2 is 1.43 bits per heavy atom. The summed E-state index contributed by atoms with van der Waals surface area (Å²) in [5.41, 5.74) is 1.92. The van der Waals surface area contributed by atoms with E-state index in [4.69, 9.17) is 9.47 Å². The Balaban J connectivity index is 1.54. The number of carbonyl (C=O) groups excluding carboxylic acids is 3. The van der Waals surface area contributed by atoms with Crippen LogP contribution in [0.25, 0.3) is 0 Å². The van der Waals surface area contributed by atoms with Crippen LogP contribution in [0.4, 0.5) is 11.4 Å². The number of Topliss-reactive ketones (excluding diaryl/α,β-unsaturated/α-hetero) is 1. The Morgan fingerprint density at radius 3 is 2.02 bits per heavy atom. The third kappa shape index (κ3) is 6.82. The molecule has 0 bridgehead atoms. The summed E-state index contributed by atoms with van der Waals surface area (Å²) >= 11 is 0. The van der Waals surface area contributed by atoms with Crippen molar-refractivity contribution in [3.63, 3.8) is 0 Å². The maximum absolute atomic E-state index is 13.9. The van der Waals surface area contributed by atoms with Crippen molar-refractivity contribution in [3.05, 3.63) is 120 Å². The van der Waals surface area contributed by atoms with Gasteiger partial charge in [-0.15, -0.1) is 0 Å². The van der Waals surface area contributed by atoms with Crippen LogP contribution in [-0.2, 0) is 21.0 Å². The lowest BCUT2D eigenvalue weighted by Gasteiger charge is -2.44. The Morgan fingerprint density at radius 1 is 0.841 bits per heavy atom. The number of aryl methyl sites for hydroxylation is 1. The van der Waals surface area contributed by atoms with Crippen LogP contribution in [0.2, 0.25) is 0 Å². The number of para-hydroxylation sites is 2. The highest BCUT2D eigenvalue weighted by Crippen LogP contribution is 2.48. The van der Waals surface area contributed by atoms with Gasteiger partial charge < -0.3 is 25.2 Å². The number of methoxy groups -OCH3 is 1. The lowest BCUT2D eigenvalue weighted by Crippen LogP contribution is -2.56. The highest BCUT2D eigenvalue weighted by Gasteiger charge is 2.56. The fourth-order valence-electron chi connectivity index (χ4n) is 5.83. The maximum atomic E-state index is 13.9. The number of hydrogen-bond acceptors (Lipinski definition) is 6. The molecule has 4 atom stereocenters. The molecule has 0 radical (unpaired) electrons. The molecule has 44 heavy (non-hydrogen) atoms. The van der Waals surface area contributed by atoms with Crippen LogP contribution in [-0.4, -0.2) is 35.4 Å². The van der Waals surface area contributed by atoms with Crippen LogP contribution in [0.1, 0.15) is 36.0 Å². The third-order valence-electron chi connectivity index (χ3n) is 8.00.